The van der Waals surface area contributed by atoms with E-state index < -0.39 is 5.25 Å². The van der Waals surface area contributed by atoms with E-state index in [0.717, 1.165) is 11.3 Å². The molecule has 128 valence electrons. The van der Waals surface area contributed by atoms with Crippen molar-refractivity contribution in [1.29, 1.82) is 5.26 Å². The SMILES string of the molecule is Cc1ccc(NC(=O)CS[C@@H](C)C(=O)Nc2cccc(C#N)c2)cc1. The summed E-state index contributed by atoms with van der Waals surface area (Å²) in [6, 6.07) is 16.3. The highest BCUT2D eigenvalue weighted by molar-refractivity contribution is 8.01. The molecule has 0 saturated heterocycles. The van der Waals surface area contributed by atoms with Gasteiger partial charge in [-0.15, -0.1) is 11.8 Å². The predicted molar refractivity (Wildman–Crippen MR) is 102 cm³/mol. The van der Waals surface area contributed by atoms with Crippen LogP contribution >= 0.6 is 11.8 Å². The molecule has 2 aromatic carbocycles. The van der Waals surface area contributed by atoms with E-state index in [-0.39, 0.29) is 17.6 Å². The lowest BCUT2D eigenvalue weighted by Crippen LogP contribution is -2.25. The third-order valence-electron chi connectivity index (χ3n) is 3.43. The van der Waals surface area contributed by atoms with Gasteiger partial charge >= 0.3 is 0 Å². The zero-order valence-corrected chi connectivity index (χ0v) is 14.9. The van der Waals surface area contributed by atoms with Crippen molar-refractivity contribution in [3.05, 3.63) is 59.7 Å². The van der Waals surface area contributed by atoms with Gasteiger partial charge in [0.1, 0.15) is 0 Å². The molecule has 1 atom stereocenters. The van der Waals surface area contributed by atoms with Crippen LogP contribution in [-0.2, 0) is 9.59 Å². The lowest BCUT2D eigenvalue weighted by atomic mass is 10.2. The Labute approximate surface area is 151 Å². The van der Waals surface area contributed by atoms with Crippen LogP contribution in [0.2, 0.25) is 0 Å². The summed E-state index contributed by atoms with van der Waals surface area (Å²) in [6.07, 6.45) is 0. The van der Waals surface area contributed by atoms with Crippen LogP contribution in [0.3, 0.4) is 0 Å². The first-order chi connectivity index (χ1) is 12.0. The van der Waals surface area contributed by atoms with E-state index in [9.17, 15) is 9.59 Å². The molecule has 0 heterocycles. The second-order valence-corrected chi connectivity index (χ2v) is 6.88. The third kappa shape index (κ3) is 5.98. The number of nitrogens with one attached hydrogen (secondary N) is 2. The molecule has 0 aromatic heterocycles. The second-order valence-electron chi connectivity index (χ2n) is 5.55. The molecule has 0 radical (unpaired) electrons. The number of anilines is 2. The molecular weight excluding hydrogens is 334 g/mol. The Hall–Kier alpha value is -2.78. The van der Waals surface area contributed by atoms with Crippen molar-refractivity contribution in [2.75, 3.05) is 16.4 Å². The second kappa shape index (κ2) is 8.90. The first kappa shape index (κ1) is 18.6. The average Bonchev–Trinajstić information content (AvgIpc) is 2.61. The van der Waals surface area contributed by atoms with Crippen LogP contribution in [0.4, 0.5) is 11.4 Å². The number of carbonyl (C=O) groups excluding carboxylic acids is 2. The maximum atomic E-state index is 12.2. The van der Waals surface area contributed by atoms with Crippen molar-refractivity contribution in [2.24, 2.45) is 0 Å². The van der Waals surface area contributed by atoms with Crippen LogP contribution in [0.5, 0.6) is 0 Å². The molecule has 5 nitrogen and oxygen atoms in total. The van der Waals surface area contributed by atoms with Crippen LogP contribution in [0, 0.1) is 18.3 Å². The van der Waals surface area contributed by atoms with Gasteiger partial charge in [-0.2, -0.15) is 5.26 Å². The van der Waals surface area contributed by atoms with Gasteiger partial charge in [0.15, 0.2) is 0 Å². The molecule has 0 spiro atoms. The third-order valence-corrected chi connectivity index (χ3v) is 4.57. The Morgan fingerprint density at radius 2 is 1.84 bits per heavy atom. The van der Waals surface area contributed by atoms with E-state index in [1.807, 2.05) is 37.3 Å². The smallest absolute Gasteiger partial charge is 0.237 e. The van der Waals surface area contributed by atoms with Gasteiger partial charge in [-0.25, -0.2) is 0 Å². The predicted octanol–water partition coefficient (Wildman–Crippen LogP) is 3.57. The minimum Gasteiger partial charge on any atom is -0.325 e. The van der Waals surface area contributed by atoms with Crippen LogP contribution in [0.15, 0.2) is 48.5 Å². The number of nitrogens with zero attached hydrogens (tertiary/aromatic N) is 1. The lowest BCUT2D eigenvalue weighted by Gasteiger charge is -2.12. The number of carbonyl (C=O) groups is 2. The summed E-state index contributed by atoms with van der Waals surface area (Å²) >= 11 is 1.26. The Kier molecular flexibility index (Phi) is 6.61. The van der Waals surface area contributed by atoms with Gasteiger partial charge in [-0.05, 0) is 44.2 Å². The molecule has 0 aliphatic carbocycles. The van der Waals surface area contributed by atoms with Crippen LogP contribution in [0.1, 0.15) is 18.1 Å². The molecule has 0 aliphatic rings. The molecule has 25 heavy (non-hydrogen) atoms. The Bertz CT molecular complexity index is 797. The fourth-order valence-corrected chi connectivity index (χ4v) is 2.70. The molecule has 2 N–H and O–H groups in total. The van der Waals surface area contributed by atoms with E-state index >= 15 is 0 Å². The molecule has 2 rings (SSSR count). The zero-order chi connectivity index (χ0) is 18.2. The van der Waals surface area contributed by atoms with Gasteiger partial charge in [0, 0.05) is 11.4 Å². The summed E-state index contributed by atoms with van der Waals surface area (Å²) in [4.78, 5) is 24.1. The van der Waals surface area contributed by atoms with Crippen LogP contribution in [0.25, 0.3) is 0 Å². The van der Waals surface area contributed by atoms with Crippen molar-refractivity contribution < 1.29 is 9.59 Å². The fourth-order valence-electron chi connectivity index (χ4n) is 2.02. The monoisotopic (exact) mass is 353 g/mol. The highest BCUT2D eigenvalue weighted by atomic mass is 32.2. The zero-order valence-electron chi connectivity index (χ0n) is 14.1. The summed E-state index contributed by atoms with van der Waals surface area (Å²) in [6.45, 7) is 3.72. The number of hydrogen-bond donors (Lipinski definition) is 2. The van der Waals surface area contributed by atoms with E-state index in [2.05, 4.69) is 10.6 Å². The fraction of sp³-hybridized carbons (Fsp3) is 0.211. The maximum absolute atomic E-state index is 12.2. The first-order valence-electron chi connectivity index (χ1n) is 7.77. The van der Waals surface area contributed by atoms with Gasteiger partial charge in [-0.1, -0.05) is 23.8 Å². The minimum absolute atomic E-state index is 0.153. The normalized spacial score (nSPS) is 11.2. The van der Waals surface area contributed by atoms with E-state index in [4.69, 9.17) is 5.26 Å². The standard InChI is InChI=1S/C19H19N3O2S/c1-13-6-8-16(9-7-13)21-18(23)12-25-14(2)19(24)22-17-5-3-4-15(10-17)11-20/h3-10,14H,12H2,1-2H3,(H,21,23)(H,22,24)/t14-/m0/s1. The topological polar surface area (TPSA) is 82.0 Å². The van der Waals surface area contributed by atoms with Gasteiger partial charge in [0.25, 0.3) is 0 Å². The summed E-state index contributed by atoms with van der Waals surface area (Å²) in [5.74, 6) is -0.177. The number of benzene rings is 2. The van der Waals surface area contributed by atoms with E-state index in [1.165, 1.54) is 11.8 Å². The number of nitriles is 1. The molecule has 0 saturated carbocycles. The summed E-state index contributed by atoms with van der Waals surface area (Å²) in [5.41, 5.74) is 2.91. The molecule has 2 aromatic rings. The van der Waals surface area contributed by atoms with E-state index in [1.54, 1.807) is 31.2 Å². The number of amides is 2. The molecular formula is C19H19N3O2S. The molecule has 0 bridgehead atoms. The average molecular weight is 353 g/mol. The van der Waals surface area contributed by atoms with Crippen molar-refractivity contribution >= 4 is 35.0 Å². The minimum atomic E-state index is -0.394. The Morgan fingerprint density at radius 1 is 1.12 bits per heavy atom. The molecule has 0 fully saturated rings. The largest absolute Gasteiger partial charge is 0.325 e. The van der Waals surface area contributed by atoms with Crippen LogP contribution < -0.4 is 10.6 Å². The lowest BCUT2D eigenvalue weighted by molar-refractivity contribution is -0.115. The quantitative estimate of drug-likeness (QED) is 0.832. The maximum Gasteiger partial charge on any atom is 0.237 e. The Morgan fingerprint density at radius 3 is 2.52 bits per heavy atom. The summed E-state index contributed by atoms with van der Waals surface area (Å²) in [7, 11) is 0. The molecule has 0 unspecified atom stereocenters. The highest BCUT2D eigenvalue weighted by Gasteiger charge is 2.15. The summed E-state index contributed by atoms with van der Waals surface area (Å²) in [5, 5.41) is 14.0. The van der Waals surface area contributed by atoms with Crippen molar-refractivity contribution in [3.63, 3.8) is 0 Å². The van der Waals surface area contributed by atoms with Crippen molar-refractivity contribution in [3.8, 4) is 6.07 Å². The number of hydrogen-bond acceptors (Lipinski definition) is 4. The van der Waals surface area contributed by atoms with Gasteiger partial charge in [-0.3, -0.25) is 9.59 Å². The number of thioether (sulfide) groups is 1. The molecule has 2 amide bonds. The van der Waals surface area contributed by atoms with Gasteiger partial charge in [0.05, 0.1) is 22.6 Å². The summed E-state index contributed by atoms with van der Waals surface area (Å²) < 4.78 is 0. The van der Waals surface area contributed by atoms with Crippen LogP contribution in [-0.4, -0.2) is 22.8 Å². The number of aryl methyl sites for hydroxylation is 1. The van der Waals surface area contributed by atoms with Gasteiger partial charge < -0.3 is 10.6 Å². The van der Waals surface area contributed by atoms with E-state index in [0.29, 0.717) is 11.3 Å². The van der Waals surface area contributed by atoms with Crippen molar-refractivity contribution in [1.82, 2.24) is 0 Å². The van der Waals surface area contributed by atoms with Gasteiger partial charge in [0.2, 0.25) is 11.8 Å². The highest BCUT2D eigenvalue weighted by Crippen LogP contribution is 2.16. The van der Waals surface area contributed by atoms with Crippen molar-refractivity contribution in [2.45, 2.75) is 19.1 Å². The Balaban J connectivity index is 1.81. The number of rotatable bonds is 6. The molecule has 6 heteroatoms. The molecule has 0 aliphatic heterocycles. The first-order valence-corrected chi connectivity index (χ1v) is 8.82.